The van der Waals surface area contributed by atoms with E-state index in [0.29, 0.717) is 24.6 Å². The van der Waals surface area contributed by atoms with Crippen molar-refractivity contribution in [2.45, 2.75) is 58.9 Å². The van der Waals surface area contributed by atoms with Gasteiger partial charge in [0.1, 0.15) is 11.4 Å². The van der Waals surface area contributed by atoms with Crippen LogP contribution in [-0.2, 0) is 22.6 Å². The smallest absolute Gasteiger partial charge is 0.408 e. The fourth-order valence-corrected chi connectivity index (χ4v) is 2.34. The molecule has 0 fully saturated rings. The number of amides is 1. The van der Waals surface area contributed by atoms with Crippen molar-refractivity contribution in [1.82, 2.24) is 16.0 Å². The van der Waals surface area contributed by atoms with Gasteiger partial charge in [-0.1, -0.05) is 6.07 Å². The number of benzene rings is 1. The van der Waals surface area contributed by atoms with Gasteiger partial charge in [0.15, 0.2) is 5.96 Å². The first-order valence-electron chi connectivity index (χ1n) is 9.17. The number of rotatable bonds is 7. The van der Waals surface area contributed by atoms with E-state index in [4.69, 9.17) is 9.47 Å². The number of halogens is 1. The first-order chi connectivity index (χ1) is 13.0. The molecule has 1 rings (SSSR count). The Hall–Kier alpha value is -2.35. The van der Waals surface area contributed by atoms with Crippen LogP contribution in [0.4, 0.5) is 9.18 Å². The van der Waals surface area contributed by atoms with Crippen LogP contribution in [0.2, 0.25) is 0 Å². The Morgan fingerprint density at radius 3 is 2.43 bits per heavy atom. The van der Waals surface area contributed by atoms with Crippen molar-refractivity contribution in [3.8, 4) is 0 Å². The molecule has 8 heteroatoms. The van der Waals surface area contributed by atoms with Crippen LogP contribution in [0.15, 0.2) is 23.2 Å². The Labute approximate surface area is 167 Å². The topological polar surface area (TPSA) is 84.0 Å². The number of guanidine groups is 1. The molecule has 0 spiro atoms. The molecule has 1 amide bonds. The van der Waals surface area contributed by atoms with E-state index in [-0.39, 0.29) is 12.4 Å². The van der Waals surface area contributed by atoms with Gasteiger partial charge in [-0.3, -0.25) is 4.99 Å². The zero-order valence-electron chi connectivity index (χ0n) is 17.9. The normalized spacial score (nSPS) is 12.5. The molecule has 3 N–H and O–H groups in total. The molecule has 1 aromatic rings. The third-order valence-electron chi connectivity index (χ3n) is 3.63. The Kier molecular flexibility index (Phi) is 8.68. The lowest BCUT2D eigenvalue weighted by atomic mass is 10.1. The standard InChI is InChI=1S/C20H33FN4O3/c1-19(2,3)28-18(26)25-20(4,5)13-24-17(22-6)23-11-14-8-9-16(21)15(10-14)12-27-7/h8-10H,11-13H2,1-7H3,(H,25,26)(H2,22,23,24). The number of aliphatic imine (C=N–C) groups is 1. The summed E-state index contributed by atoms with van der Waals surface area (Å²) in [7, 11) is 3.19. The molecule has 7 nitrogen and oxygen atoms in total. The number of ether oxygens (including phenoxy) is 2. The maximum Gasteiger partial charge on any atom is 0.408 e. The van der Waals surface area contributed by atoms with Crippen LogP contribution in [0, 0.1) is 5.82 Å². The molecule has 0 saturated carbocycles. The van der Waals surface area contributed by atoms with Crippen molar-refractivity contribution in [3.63, 3.8) is 0 Å². The van der Waals surface area contributed by atoms with Gasteiger partial charge >= 0.3 is 6.09 Å². The summed E-state index contributed by atoms with van der Waals surface area (Å²) in [6.07, 6.45) is -0.473. The minimum atomic E-state index is -0.554. The number of nitrogens with zero attached hydrogens (tertiary/aromatic N) is 1. The Balaban J connectivity index is 2.56. The first-order valence-corrected chi connectivity index (χ1v) is 9.17. The largest absolute Gasteiger partial charge is 0.444 e. The number of alkyl carbamates (subject to hydrolysis) is 1. The van der Waals surface area contributed by atoms with Crippen molar-refractivity contribution >= 4 is 12.1 Å². The maximum absolute atomic E-state index is 13.7. The van der Waals surface area contributed by atoms with Gasteiger partial charge in [0.05, 0.1) is 12.1 Å². The fourth-order valence-electron chi connectivity index (χ4n) is 2.34. The van der Waals surface area contributed by atoms with Crippen LogP contribution in [0.5, 0.6) is 0 Å². The lowest BCUT2D eigenvalue weighted by molar-refractivity contribution is 0.0474. The average molecular weight is 397 g/mol. The molecule has 0 aliphatic heterocycles. The van der Waals surface area contributed by atoms with Crippen LogP contribution in [0.25, 0.3) is 0 Å². The highest BCUT2D eigenvalue weighted by molar-refractivity contribution is 5.79. The minimum Gasteiger partial charge on any atom is -0.444 e. The van der Waals surface area contributed by atoms with Gasteiger partial charge in [-0.25, -0.2) is 9.18 Å². The lowest BCUT2D eigenvalue weighted by Gasteiger charge is -2.29. The molecule has 0 atom stereocenters. The molecule has 0 bridgehead atoms. The summed E-state index contributed by atoms with van der Waals surface area (Å²) in [6, 6.07) is 4.89. The van der Waals surface area contributed by atoms with Gasteiger partial charge in [-0.05, 0) is 52.3 Å². The maximum atomic E-state index is 13.7. The second kappa shape index (κ2) is 10.3. The Bertz CT molecular complexity index is 685. The molecule has 28 heavy (non-hydrogen) atoms. The highest BCUT2D eigenvalue weighted by atomic mass is 19.1. The molecule has 0 aliphatic carbocycles. The molecule has 0 aliphatic rings. The number of hydrogen-bond donors (Lipinski definition) is 3. The molecule has 0 aromatic heterocycles. The zero-order chi connectivity index (χ0) is 21.4. The number of nitrogens with one attached hydrogen (secondary N) is 3. The average Bonchev–Trinajstić information content (AvgIpc) is 2.55. The molecular weight excluding hydrogens is 363 g/mol. The van der Waals surface area contributed by atoms with Crippen molar-refractivity contribution in [3.05, 3.63) is 35.1 Å². The van der Waals surface area contributed by atoms with Crippen LogP contribution < -0.4 is 16.0 Å². The third kappa shape index (κ3) is 9.03. The molecule has 0 heterocycles. The van der Waals surface area contributed by atoms with E-state index in [1.54, 1.807) is 19.2 Å². The van der Waals surface area contributed by atoms with Crippen LogP contribution in [0.1, 0.15) is 45.7 Å². The van der Waals surface area contributed by atoms with Crippen LogP contribution >= 0.6 is 0 Å². The van der Waals surface area contributed by atoms with E-state index in [2.05, 4.69) is 20.9 Å². The second-order valence-corrected chi connectivity index (χ2v) is 8.15. The van der Waals surface area contributed by atoms with Gasteiger partial charge in [0, 0.05) is 32.8 Å². The van der Waals surface area contributed by atoms with Gasteiger partial charge < -0.3 is 25.4 Å². The van der Waals surface area contributed by atoms with Crippen LogP contribution in [-0.4, -0.2) is 43.9 Å². The van der Waals surface area contributed by atoms with E-state index in [9.17, 15) is 9.18 Å². The van der Waals surface area contributed by atoms with E-state index < -0.39 is 17.2 Å². The molecular formula is C20H33FN4O3. The molecule has 0 unspecified atom stereocenters. The highest BCUT2D eigenvalue weighted by Crippen LogP contribution is 2.12. The van der Waals surface area contributed by atoms with E-state index >= 15 is 0 Å². The number of hydrogen-bond acceptors (Lipinski definition) is 4. The van der Waals surface area contributed by atoms with Crippen molar-refractivity contribution in [2.75, 3.05) is 20.7 Å². The van der Waals surface area contributed by atoms with Gasteiger partial charge in [0.25, 0.3) is 0 Å². The van der Waals surface area contributed by atoms with Crippen molar-refractivity contribution < 1.29 is 18.7 Å². The Morgan fingerprint density at radius 1 is 1.18 bits per heavy atom. The molecule has 0 saturated heterocycles. The predicted molar refractivity (Wildman–Crippen MR) is 109 cm³/mol. The number of carbonyl (C=O) groups excluding carboxylic acids is 1. The van der Waals surface area contributed by atoms with Crippen LogP contribution in [0.3, 0.4) is 0 Å². The minimum absolute atomic E-state index is 0.219. The third-order valence-corrected chi connectivity index (χ3v) is 3.63. The zero-order valence-corrected chi connectivity index (χ0v) is 17.9. The summed E-state index contributed by atoms with van der Waals surface area (Å²) in [5.74, 6) is 0.278. The SMILES string of the molecule is CN=C(NCc1ccc(F)c(COC)c1)NCC(C)(C)NC(=O)OC(C)(C)C. The summed E-state index contributed by atoms with van der Waals surface area (Å²) in [4.78, 5) is 16.1. The summed E-state index contributed by atoms with van der Waals surface area (Å²) in [6.45, 7) is 10.3. The van der Waals surface area contributed by atoms with Gasteiger partial charge in [-0.15, -0.1) is 0 Å². The summed E-state index contributed by atoms with van der Waals surface area (Å²) in [5.41, 5.74) is 0.304. The van der Waals surface area contributed by atoms with Gasteiger partial charge in [-0.2, -0.15) is 0 Å². The van der Waals surface area contributed by atoms with Crippen molar-refractivity contribution in [1.29, 1.82) is 0 Å². The summed E-state index contributed by atoms with van der Waals surface area (Å²) in [5, 5.41) is 9.17. The molecule has 0 radical (unpaired) electrons. The van der Waals surface area contributed by atoms with Crippen molar-refractivity contribution in [2.24, 2.45) is 4.99 Å². The van der Waals surface area contributed by atoms with E-state index in [0.717, 1.165) is 5.56 Å². The summed E-state index contributed by atoms with van der Waals surface area (Å²) < 4.78 is 24.0. The fraction of sp³-hybridized carbons (Fsp3) is 0.600. The Morgan fingerprint density at radius 2 is 1.86 bits per heavy atom. The molecule has 158 valence electrons. The summed E-state index contributed by atoms with van der Waals surface area (Å²) >= 11 is 0. The quantitative estimate of drug-likeness (QED) is 0.488. The second-order valence-electron chi connectivity index (χ2n) is 8.15. The van der Waals surface area contributed by atoms with E-state index in [1.807, 2.05) is 34.6 Å². The number of methoxy groups -OCH3 is 1. The highest BCUT2D eigenvalue weighted by Gasteiger charge is 2.24. The monoisotopic (exact) mass is 396 g/mol. The van der Waals surface area contributed by atoms with Gasteiger partial charge in [0.2, 0.25) is 0 Å². The predicted octanol–water partition coefficient (Wildman–Crippen LogP) is 2.94. The first kappa shape index (κ1) is 23.7. The lowest BCUT2D eigenvalue weighted by Crippen LogP contribution is -2.54. The number of carbonyl (C=O) groups is 1. The molecule has 1 aromatic carbocycles. The van der Waals surface area contributed by atoms with E-state index in [1.165, 1.54) is 13.2 Å².